The maximum absolute atomic E-state index is 10.0. The molecule has 16 heavy (non-hydrogen) atoms. The van der Waals surface area contributed by atoms with Crippen LogP contribution in [0.1, 0.15) is 52.9 Å². The van der Waals surface area contributed by atoms with E-state index in [4.69, 9.17) is 0 Å². The third-order valence-corrected chi connectivity index (χ3v) is 2.29. The van der Waals surface area contributed by atoms with Gasteiger partial charge in [0.2, 0.25) is 12.2 Å². The van der Waals surface area contributed by atoms with Crippen molar-refractivity contribution in [1.82, 2.24) is 0 Å². The van der Waals surface area contributed by atoms with Gasteiger partial charge >= 0.3 is 0 Å². The Labute approximate surface area is 96.9 Å². The van der Waals surface area contributed by atoms with Crippen molar-refractivity contribution in [3.8, 4) is 0 Å². The van der Waals surface area contributed by atoms with E-state index in [0.717, 1.165) is 19.3 Å². The largest absolute Gasteiger partial charge is 0.237 e. The van der Waals surface area contributed by atoms with Crippen LogP contribution in [0.2, 0.25) is 0 Å². The van der Waals surface area contributed by atoms with Gasteiger partial charge in [-0.2, -0.15) is 9.98 Å². The van der Waals surface area contributed by atoms with Crippen molar-refractivity contribution in [2.75, 3.05) is 0 Å². The molecule has 4 nitrogen and oxygen atoms in total. The lowest BCUT2D eigenvalue weighted by atomic mass is 9.89. The first-order chi connectivity index (χ1) is 7.49. The van der Waals surface area contributed by atoms with Crippen molar-refractivity contribution in [2.24, 2.45) is 15.4 Å². The second kappa shape index (κ2) is 7.98. The molecule has 0 spiro atoms. The Hall–Kier alpha value is -1.24. The maximum atomic E-state index is 10.0. The van der Waals surface area contributed by atoms with Gasteiger partial charge in [0.15, 0.2) is 6.17 Å². The fourth-order valence-corrected chi connectivity index (χ4v) is 1.44. The standard InChI is InChI=1S/C12H20N2O2/c1-12(2,3)8-6-4-5-7-11(13-9-15)14-10-16/h11H,4-8H2,1-3H3. The molecular formula is C12H20N2O2. The summed E-state index contributed by atoms with van der Waals surface area (Å²) in [5.74, 6) is 0. The van der Waals surface area contributed by atoms with Crippen LogP contribution < -0.4 is 0 Å². The average molecular weight is 224 g/mol. The Morgan fingerprint density at radius 2 is 1.56 bits per heavy atom. The lowest BCUT2D eigenvalue weighted by molar-refractivity contribution is 0.355. The van der Waals surface area contributed by atoms with Gasteiger partial charge in [-0.25, -0.2) is 9.59 Å². The fraction of sp³-hybridized carbons (Fsp3) is 0.833. The summed E-state index contributed by atoms with van der Waals surface area (Å²) in [5.41, 5.74) is 0.362. The molecule has 0 saturated heterocycles. The fourth-order valence-electron chi connectivity index (χ4n) is 1.44. The molecule has 0 amide bonds. The number of hydrogen-bond donors (Lipinski definition) is 0. The summed E-state index contributed by atoms with van der Waals surface area (Å²) in [6, 6.07) is 0. The highest BCUT2D eigenvalue weighted by Crippen LogP contribution is 2.22. The Morgan fingerprint density at radius 3 is 2.00 bits per heavy atom. The molecule has 0 fully saturated rings. The lowest BCUT2D eigenvalue weighted by Crippen LogP contribution is -2.04. The van der Waals surface area contributed by atoms with E-state index in [1.54, 1.807) is 0 Å². The SMILES string of the molecule is CC(C)(C)CCCCCC(N=C=O)N=C=O. The third kappa shape index (κ3) is 9.32. The van der Waals surface area contributed by atoms with E-state index in [0.29, 0.717) is 11.8 Å². The first-order valence-corrected chi connectivity index (χ1v) is 5.63. The molecule has 0 radical (unpaired) electrons. The molecule has 0 unspecified atom stereocenters. The number of carbonyl (C=O) groups excluding carboxylic acids is 2. The van der Waals surface area contributed by atoms with Crippen molar-refractivity contribution in [2.45, 2.75) is 59.0 Å². The summed E-state index contributed by atoms with van der Waals surface area (Å²) in [5, 5.41) is 0. The van der Waals surface area contributed by atoms with Gasteiger partial charge < -0.3 is 0 Å². The Balaban J connectivity index is 3.71. The molecule has 0 heterocycles. The second-order valence-electron chi connectivity index (χ2n) is 5.08. The normalized spacial score (nSPS) is 12.4. The zero-order valence-electron chi connectivity index (χ0n) is 10.3. The quantitative estimate of drug-likeness (QED) is 0.379. The van der Waals surface area contributed by atoms with Crippen molar-refractivity contribution in [3.63, 3.8) is 0 Å². The summed E-state index contributed by atoms with van der Waals surface area (Å²) < 4.78 is 0. The zero-order chi connectivity index (χ0) is 12.4. The highest BCUT2D eigenvalue weighted by atomic mass is 16.1. The van der Waals surface area contributed by atoms with E-state index >= 15 is 0 Å². The minimum atomic E-state index is -0.579. The summed E-state index contributed by atoms with van der Waals surface area (Å²) >= 11 is 0. The van der Waals surface area contributed by atoms with Crippen molar-refractivity contribution in [3.05, 3.63) is 0 Å². The van der Waals surface area contributed by atoms with E-state index in [9.17, 15) is 9.59 Å². The molecule has 0 N–H and O–H groups in total. The van der Waals surface area contributed by atoms with Crippen LogP contribution in [0.3, 0.4) is 0 Å². The molecule has 0 aliphatic carbocycles. The van der Waals surface area contributed by atoms with Crippen LogP contribution in [-0.2, 0) is 9.59 Å². The molecule has 0 aliphatic rings. The number of aliphatic imine (C=N–C) groups is 2. The van der Waals surface area contributed by atoms with Gasteiger partial charge in [0, 0.05) is 0 Å². The molecule has 0 bridgehead atoms. The molecule has 4 heteroatoms. The number of rotatable bonds is 7. The molecule has 0 aliphatic heterocycles. The first kappa shape index (κ1) is 14.8. The van der Waals surface area contributed by atoms with Crippen molar-refractivity contribution >= 4 is 12.2 Å². The Kier molecular flexibility index (Phi) is 7.36. The van der Waals surface area contributed by atoms with Crippen LogP contribution in [0.25, 0.3) is 0 Å². The second-order valence-corrected chi connectivity index (χ2v) is 5.08. The molecule has 0 aromatic rings. The van der Waals surface area contributed by atoms with E-state index in [2.05, 4.69) is 30.8 Å². The van der Waals surface area contributed by atoms with Crippen molar-refractivity contribution < 1.29 is 9.59 Å². The highest BCUT2D eigenvalue weighted by molar-refractivity contribution is 5.36. The van der Waals surface area contributed by atoms with Crippen LogP contribution in [0.4, 0.5) is 0 Å². The number of isocyanates is 2. The Morgan fingerprint density at radius 1 is 1.00 bits per heavy atom. The van der Waals surface area contributed by atoms with Crippen LogP contribution in [0, 0.1) is 5.41 Å². The van der Waals surface area contributed by atoms with Crippen LogP contribution in [0.5, 0.6) is 0 Å². The molecule has 0 aromatic carbocycles. The average Bonchev–Trinajstić information content (AvgIpc) is 2.16. The Bertz CT molecular complexity index is 264. The summed E-state index contributed by atoms with van der Waals surface area (Å²) in [6.07, 6.45) is 7.18. The molecule has 0 rings (SSSR count). The smallest absolute Gasteiger partial charge is 0.211 e. The highest BCUT2D eigenvalue weighted by Gasteiger charge is 2.09. The van der Waals surface area contributed by atoms with E-state index in [1.165, 1.54) is 18.6 Å². The predicted molar refractivity (Wildman–Crippen MR) is 62.6 cm³/mol. The molecule has 0 aromatic heterocycles. The minimum absolute atomic E-state index is 0.362. The van der Waals surface area contributed by atoms with Gasteiger partial charge in [0.05, 0.1) is 0 Å². The van der Waals surface area contributed by atoms with E-state index < -0.39 is 6.17 Å². The van der Waals surface area contributed by atoms with Gasteiger partial charge in [0.25, 0.3) is 0 Å². The maximum Gasteiger partial charge on any atom is 0.237 e. The predicted octanol–water partition coefficient (Wildman–Crippen LogP) is 2.98. The number of hydrogen-bond acceptors (Lipinski definition) is 4. The summed E-state index contributed by atoms with van der Waals surface area (Å²) in [7, 11) is 0. The van der Waals surface area contributed by atoms with E-state index in [-0.39, 0.29) is 0 Å². The van der Waals surface area contributed by atoms with E-state index in [1.807, 2.05) is 0 Å². The van der Waals surface area contributed by atoms with Crippen LogP contribution in [-0.4, -0.2) is 18.3 Å². The van der Waals surface area contributed by atoms with Gasteiger partial charge in [-0.05, 0) is 24.7 Å². The molecule has 0 atom stereocenters. The van der Waals surface area contributed by atoms with Crippen molar-refractivity contribution in [1.29, 1.82) is 0 Å². The number of unbranched alkanes of at least 4 members (excludes halogenated alkanes) is 2. The minimum Gasteiger partial charge on any atom is -0.211 e. The first-order valence-electron chi connectivity index (χ1n) is 5.63. The van der Waals surface area contributed by atoms with Crippen LogP contribution in [0.15, 0.2) is 9.98 Å². The van der Waals surface area contributed by atoms with Gasteiger partial charge in [-0.1, -0.05) is 33.6 Å². The molecule has 90 valence electrons. The zero-order valence-corrected chi connectivity index (χ0v) is 10.3. The summed E-state index contributed by atoms with van der Waals surface area (Å²) in [6.45, 7) is 6.63. The van der Waals surface area contributed by atoms with Gasteiger partial charge in [0.1, 0.15) is 0 Å². The number of nitrogens with zero attached hydrogens (tertiary/aromatic N) is 2. The van der Waals surface area contributed by atoms with Gasteiger partial charge in [-0.15, -0.1) is 0 Å². The summed E-state index contributed by atoms with van der Waals surface area (Å²) in [4.78, 5) is 26.9. The lowest BCUT2D eigenvalue weighted by Gasteiger charge is -2.17. The molecular weight excluding hydrogens is 204 g/mol. The molecule has 0 saturated carbocycles. The monoisotopic (exact) mass is 224 g/mol. The van der Waals surface area contributed by atoms with Gasteiger partial charge in [-0.3, -0.25) is 0 Å². The van der Waals surface area contributed by atoms with Crippen LogP contribution >= 0.6 is 0 Å². The topological polar surface area (TPSA) is 58.9 Å². The third-order valence-electron chi connectivity index (χ3n) is 2.29.